The van der Waals surface area contributed by atoms with Crippen LogP contribution in [0.4, 0.5) is 11.9 Å². The molecule has 2 N–H and O–H groups in total. The zero-order valence-corrected chi connectivity index (χ0v) is 11.7. The van der Waals surface area contributed by atoms with Crippen molar-refractivity contribution < 1.29 is 4.74 Å². The SMILES string of the molecule is CCOc1nc(NC)nc(NCCCn2ccnc2)n1. The molecule has 0 fully saturated rings. The summed E-state index contributed by atoms with van der Waals surface area (Å²) in [5.41, 5.74) is 0. The maximum atomic E-state index is 5.30. The summed E-state index contributed by atoms with van der Waals surface area (Å²) < 4.78 is 7.33. The predicted octanol–water partition coefficient (Wildman–Crippen LogP) is 1.01. The van der Waals surface area contributed by atoms with Gasteiger partial charge in [-0.2, -0.15) is 15.0 Å². The van der Waals surface area contributed by atoms with Crippen LogP contribution in [0.15, 0.2) is 18.7 Å². The van der Waals surface area contributed by atoms with E-state index in [2.05, 4.69) is 30.6 Å². The molecular formula is C12H19N7O. The van der Waals surface area contributed by atoms with Crippen molar-refractivity contribution in [1.82, 2.24) is 24.5 Å². The van der Waals surface area contributed by atoms with E-state index in [4.69, 9.17) is 4.74 Å². The first-order valence-corrected chi connectivity index (χ1v) is 6.58. The van der Waals surface area contributed by atoms with Gasteiger partial charge in [-0.05, 0) is 13.3 Å². The molecule has 0 atom stereocenters. The highest BCUT2D eigenvalue weighted by molar-refractivity contribution is 5.35. The summed E-state index contributed by atoms with van der Waals surface area (Å²) in [4.78, 5) is 16.5. The fourth-order valence-electron chi connectivity index (χ4n) is 1.62. The van der Waals surface area contributed by atoms with Gasteiger partial charge in [-0.1, -0.05) is 0 Å². The van der Waals surface area contributed by atoms with Crippen LogP contribution in [0.2, 0.25) is 0 Å². The third-order valence-electron chi connectivity index (χ3n) is 2.55. The molecule has 2 aromatic heterocycles. The predicted molar refractivity (Wildman–Crippen MR) is 75.9 cm³/mol. The molecule has 0 bridgehead atoms. The Labute approximate surface area is 117 Å². The maximum absolute atomic E-state index is 5.30. The Morgan fingerprint density at radius 1 is 1.25 bits per heavy atom. The Bertz CT molecular complexity index is 515. The van der Waals surface area contributed by atoms with Crippen molar-refractivity contribution in [3.63, 3.8) is 0 Å². The van der Waals surface area contributed by atoms with Crippen molar-refractivity contribution in [3.05, 3.63) is 18.7 Å². The second-order valence-corrected chi connectivity index (χ2v) is 4.03. The van der Waals surface area contributed by atoms with Gasteiger partial charge in [0.2, 0.25) is 11.9 Å². The van der Waals surface area contributed by atoms with E-state index in [1.54, 1.807) is 19.6 Å². The first-order valence-electron chi connectivity index (χ1n) is 6.58. The lowest BCUT2D eigenvalue weighted by molar-refractivity contribution is 0.312. The highest BCUT2D eigenvalue weighted by atomic mass is 16.5. The lowest BCUT2D eigenvalue weighted by Crippen LogP contribution is -2.11. The zero-order valence-electron chi connectivity index (χ0n) is 11.7. The van der Waals surface area contributed by atoms with E-state index in [9.17, 15) is 0 Å². The maximum Gasteiger partial charge on any atom is 0.323 e. The van der Waals surface area contributed by atoms with E-state index >= 15 is 0 Å². The number of aryl methyl sites for hydroxylation is 1. The molecule has 0 unspecified atom stereocenters. The van der Waals surface area contributed by atoms with Crippen molar-refractivity contribution in [3.8, 4) is 6.01 Å². The van der Waals surface area contributed by atoms with Gasteiger partial charge in [0.15, 0.2) is 0 Å². The van der Waals surface area contributed by atoms with Crippen molar-refractivity contribution >= 4 is 11.9 Å². The van der Waals surface area contributed by atoms with E-state index in [0.717, 1.165) is 19.5 Å². The van der Waals surface area contributed by atoms with Gasteiger partial charge in [-0.3, -0.25) is 0 Å². The van der Waals surface area contributed by atoms with E-state index < -0.39 is 0 Å². The topological polar surface area (TPSA) is 89.8 Å². The van der Waals surface area contributed by atoms with Crippen LogP contribution in [0.5, 0.6) is 6.01 Å². The number of ether oxygens (including phenoxy) is 1. The number of imidazole rings is 1. The quantitative estimate of drug-likeness (QED) is 0.696. The van der Waals surface area contributed by atoms with E-state index in [1.165, 1.54) is 0 Å². The summed E-state index contributed by atoms with van der Waals surface area (Å²) in [6.07, 6.45) is 6.46. The molecule has 2 heterocycles. The lowest BCUT2D eigenvalue weighted by Gasteiger charge is -2.08. The van der Waals surface area contributed by atoms with Crippen LogP contribution >= 0.6 is 0 Å². The highest BCUT2D eigenvalue weighted by Gasteiger charge is 2.05. The minimum atomic E-state index is 0.323. The first-order chi connectivity index (χ1) is 9.81. The van der Waals surface area contributed by atoms with Crippen molar-refractivity contribution in [1.29, 1.82) is 0 Å². The van der Waals surface area contributed by atoms with E-state index in [0.29, 0.717) is 24.5 Å². The average molecular weight is 277 g/mol. The molecule has 0 amide bonds. The number of rotatable bonds is 8. The van der Waals surface area contributed by atoms with Gasteiger partial charge in [0, 0.05) is 32.5 Å². The number of hydrogen-bond donors (Lipinski definition) is 2. The fourth-order valence-corrected chi connectivity index (χ4v) is 1.62. The fraction of sp³-hybridized carbons (Fsp3) is 0.500. The Hall–Kier alpha value is -2.38. The standard InChI is InChI=1S/C12H19N7O/c1-3-20-12-17-10(13-2)16-11(18-12)15-5-4-7-19-8-6-14-9-19/h6,8-9H,3-5,7H2,1-2H3,(H2,13,15,16,17,18). The summed E-state index contributed by atoms with van der Waals surface area (Å²) >= 11 is 0. The van der Waals surface area contributed by atoms with Gasteiger partial charge in [-0.15, -0.1) is 0 Å². The lowest BCUT2D eigenvalue weighted by atomic mass is 10.4. The summed E-state index contributed by atoms with van der Waals surface area (Å²) in [6, 6.07) is 0.323. The Kier molecular flexibility index (Phi) is 5.10. The Morgan fingerprint density at radius 3 is 2.80 bits per heavy atom. The second-order valence-electron chi connectivity index (χ2n) is 4.03. The van der Waals surface area contributed by atoms with Crippen LogP contribution in [0.1, 0.15) is 13.3 Å². The minimum absolute atomic E-state index is 0.323. The zero-order chi connectivity index (χ0) is 14.2. The van der Waals surface area contributed by atoms with Gasteiger partial charge in [0.25, 0.3) is 0 Å². The van der Waals surface area contributed by atoms with Gasteiger partial charge in [0.1, 0.15) is 0 Å². The van der Waals surface area contributed by atoms with Crippen LogP contribution in [0, 0.1) is 0 Å². The molecule has 8 nitrogen and oxygen atoms in total. The summed E-state index contributed by atoms with van der Waals surface area (Å²) in [6.45, 7) is 4.07. The number of nitrogens with zero attached hydrogens (tertiary/aromatic N) is 5. The van der Waals surface area contributed by atoms with Crippen LogP contribution in [0.25, 0.3) is 0 Å². The number of nitrogens with one attached hydrogen (secondary N) is 2. The van der Waals surface area contributed by atoms with Gasteiger partial charge >= 0.3 is 6.01 Å². The molecule has 0 aliphatic carbocycles. The Balaban J connectivity index is 1.86. The van der Waals surface area contributed by atoms with Crippen LogP contribution < -0.4 is 15.4 Å². The molecule has 0 aliphatic heterocycles. The van der Waals surface area contributed by atoms with Crippen molar-refractivity contribution in [2.45, 2.75) is 19.9 Å². The molecule has 0 radical (unpaired) electrons. The Morgan fingerprint density at radius 2 is 2.10 bits per heavy atom. The average Bonchev–Trinajstić information content (AvgIpc) is 2.97. The van der Waals surface area contributed by atoms with Crippen molar-refractivity contribution in [2.75, 3.05) is 30.8 Å². The molecule has 20 heavy (non-hydrogen) atoms. The molecule has 2 aromatic rings. The molecule has 0 saturated heterocycles. The summed E-state index contributed by atoms with van der Waals surface area (Å²) in [7, 11) is 1.76. The molecule has 0 aromatic carbocycles. The molecule has 0 saturated carbocycles. The first kappa shape index (κ1) is 14.0. The summed E-state index contributed by atoms with van der Waals surface area (Å²) in [5.74, 6) is 0.999. The highest BCUT2D eigenvalue weighted by Crippen LogP contribution is 2.10. The van der Waals surface area contributed by atoms with Gasteiger partial charge < -0.3 is 19.9 Å². The number of anilines is 2. The van der Waals surface area contributed by atoms with Gasteiger partial charge in [0.05, 0.1) is 12.9 Å². The largest absolute Gasteiger partial charge is 0.464 e. The number of aromatic nitrogens is 5. The third kappa shape index (κ3) is 4.08. The molecule has 108 valence electrons. The number of hydrogen-bond acceptors (Lipinski definition) is 7. The van der Waals surface area contributed by atoms with E-state index in [1.807, 2.05) is 17.7 Å². The molecule has 2 rings (SSSR count). The minimum Gasteiger partial charge on any atom is -0.464 e. The van der Waals surface area contributed by atoms with Crippen LogP contribution in [-0.2, 0) is 6.54 Å². The third-order valence-corrected chi connectivity index (χ3v) is 2.55. The summed E-state index contributed by atoms with van der Waals surface area (Å²) in [5, 5.41) is 6.05. The monoisotopic (exact) mass is 277 g/mol. The molecule has 0 spiro atoms. The van der Waals surface area contributed by atoms with Gasteiger partial charge in [-0.25, -0.2) is 4.98 Å². The molecular weight excluding hydrogens is 258 g/mol. The smallest absolute Gasteiger partial charge is 0.323 e. The normalized spacial score (nSPS) is 10.3. The second kappa shape index (κ2) is 7.27. The van der Waals surface area contributed by atoms with Crippen LogP contribution in [0.3, 0.4) is 0 Å². The van der Waals surface area contributed by atoms with Crippen LogP contribution in [-0.4, -0.2) is 44.7 Å². The molecule has 0 aliphatic rings. The van der Waals surface area contributed by atoms with E-state index in [-0.39, 0.29) is 0 Å². The molecule has 8 heteroatoms. The van der Waals surface area contributed by atoms with Crippen molar-refractivity contribution in [2.24, 2.45) is 0 Å².